The monoisotopic (exact) mass is 306 g/mol. The molecule has 0 fully saturated rings. The number of halogens is 3. The average Bonchev–Trinajstić information content (AvgIpc) is 2.87. The van der Waals surface area contributed by atoms with Gasteiger partial charge in [0.25, 0.3) is 0 Å². The number of fused-ring (bicyclic) bond motifs is 1. The fraction of sp³-hybridized carbons (Fsp3) is 0.600. The van der Waals surface area contributed by atoms with Gasteiger partial charge >= 0.3 is 6.18 Å². The van der Waals surface area contributed by atoms with E-state index >= 15 is 0 Å². The molecule has 0 bridgehead atoms. The smallest absolute Gasteiger partial charge is 0.346 e. The molecule has 11 heteroatoms. The van der Waals surface area contributed by atoms with Gasteiger partial charge in [-0.25, -0.2) is 0 Å². The Balaban J connectivity index is 2.02. The van der Waals surface area contributed by atoms with Crippen molar-refractivity contribution in [3.05, 3.63) is 11.6 Å². The number of carbonyl (C=O) groups is 2. The minimum absolute atomic E-state index is 0.0479. The quantitative estimate of drug-likeness (QED) is 0.723. The SMILES string of the molecule is NCC(=O)NCC(=O)N1CCn2c(nnc2C(F)(F)F)C1. The number of rotatable bonds is 3. The second-order valence-electron chi connectivity index (χ2n) is 4.39. The molecule has 0 aliphatic carbocycles. The summed E-state index contributed by atoms with van der Waals surface area (Å²) in [7, 11) is 0. The summed E-state index contributed by atoms with van der Waals surface area (Å²) in [6.45, 7) is -0.535. The van der Waals surface area contributed by atoms with E-state index in [9.17, 15) is 22.8 Å². The summed E-state index contributed by atoms with van der Waals surface area (Å²) in [5.41, 5.74) is 5.08. The zero-order valence-electron chi connectivity index (χ0n) is 10.9. The van der Waals surface area contributed by atoms with Crippen molar-refractivity contribution < 1.29 is 22.8 Å². The van der Waals surface area contributed by atoms with E-state index in [4.69, 9.17) is 5.73 Å². The van der Waals surface area contributed by atoms with Crippen molar-refractivity contribution in [1.29, 1.82) is 0 Å². The fourth-order valence-corrected chi connectivity index (χ4v) is 1.94. The third-order valence-electron chi connectivity index (χ3n) is 2.98. The molecular weight excluding hydrogens is 293 g/mol. The summed E-state index contributed by atoms with van der Waals surface area (Å²) in [6.07, 6.45) is -4.58. The lowest BCUT2D eigenvalue weighted by Crippen LogP contribution is -2.45. The van der Waals surface area contributed by atoms with Crippen LogP contribution in [-0.4, -0.2) is 51.1 Å². The molecule has 1 aromatic rings. The van der Waals surface area contributed by atoms with Crippen LogP contribution in [0.1, 0.15) is 11.6 Å². The van der Waals surface area contributed by atoms with E-state index in [0.717, 1.165) is 4.57 Å². The molecular formula is C10H13F3N6O2. The molecule has 1 aromatic heterocycles. The van der Waals surface area contributed by atoms with Crippen LogP contribution in [-0.2, 0) is 28.9 Å². The van der Waals surface area contributed by atoms with Gasteiger partial charge in [0.05, 0.1) is 19.6 Å². The number of nitrogens with zero attached hydrogens (tertiary/aromatic N) is 4. The highest BCUT2D eigenvalue weighted by atomic mass is 19.4. The van der Waals surface area contributed by atoms with Crippen molar-refractivity contribution >= 4 is 11.8 Å². The van der Waals surface area contributed by atoms with E-state index < -0.39 is 23.8 Å². The molecule has 0 aromatic carbocycles. The zero-order chi connectivity index (χ0) is 15.6. The first kappa shape index (κ1) is 15.2. The van der Waals surface area contributed by atoms with Crippen molar-refractivity contribution in [2.75, 3.05) is 19.6 Å². The van der Waals surface area contributed by atoms with Gasteiger partial charge in [-0.15, -0.1) is 10.2 Å². The molecule has 0 radical (unpaired) electrons. The van der Waals surface area contributed by atoms with Crippen molar-refractivity contribution in [1.82, 2.24) is 25.0 Å². The van der Waals surface area contributed by atoms with Gasteiger partial charge in [0.15, 0.2) is 5.82 Å². The van der Waals surface area contributed by atoms with Gasteiger partial charge in [0.1, 0.15) is 0 Å². The Hall–Kier alpha value is -2.17. The van der Waals surface area contributed by atoms with E-state index in [2.05, 4.69) is 15.5 Å². The lowest BCUT2D eigenvalue weighted by Gasteiger charge is -2.28. The number of hydrogen-bond acceptors (Lipinski definition) is 5. The summed E-state index contributed by atoms with van der Waals surface area (Å²) in [5.74, 6) is -1.91. The molecule has 2 heterocycles. The number of nitrogens with one attached hydrogen (secondary N) is 1. The van der Waals surface area contributed by atoms with Gasteiger partial charge in [-0.2, -0.15) is 13.2 Å². The highest BCUT2D eigenvalue weighted by Gasteiger charge is 2.39. The molecule has 0 spiro atoms. The van der Waals surface area contributed by atoms with Gasteiger partial charge in [-0.3, -0.25) is 9.59 Å². The van der Waals surface area contributed by atoms with Gasteiger partial charge in [0, 0.05) is 13.1 Å². The predicted octanol–water partition coefficient (Wildman–Crippen LogP) is -1.29. The minimum Gasteiger partial charge on any atom is -0.346 e. The van der Waals surface area contributed by atoms with E-state index in [1.165, 1.54) is 4.90 Å². The fourth-order valence-electron chi connectivity index (χ4n) is 1.94. The van der Waals surface area contributed by atoms with Crippen molar-refractivity contribution in [2.24, 2.45) is 5.73 Å². The second kappa shape index (κ2) is 5.68. The maximum atomic E-state index is 12.7. The lowest BCUT2D eigenvalue weighted by atomic mass is 10.3. The minimum atomic E-state index is -4.58. The van der Waals surface area contributed by atoms with Crippen molar-refractivity contribution in [3.63, 3.8) is 0 Å². The molecule has 0 saturated carbocycles. The van der Waals surface area contributed by atoms with Crippen LogP contribution in [0.5, 0.6) is 0 Å². The number of alkyl halides is 3. The largest absolute Gasteiger partial charge is 0.451 e. The molecule has 1 aliphatic heterocycles. The van der Waals surface area contributed by atoms with Crippen LogP contribution in [0.15, 0.2) is 0 Å². The number of carbonyl (C=O) groups excluding carboxylic acids is 2. The number of nitrogens with two attached hydrogens (primary N) is 1. The highest BCUT2D eigenvalue weighted by Crippen LogP contribution is 2.29. The Morgan fingerprint density at radius 2 is 2.00 bits per heavy atom. The molecule has 3 N–H and O–H groups in total. The van der Waals surface area contributed by atoms with E-state index in [1.807, 2.05) is 0 Å². The summed E-state index contributed by atoms with van der Waals surface area (Å²) < 4.78 is 38.9. The molecule has 0 saturated heterocycles. The average molecular weight is 306 g/mol. The number of hydrogen-bond donors (Lipinski definition) is 2. The van der Waals surface area contributed by atoms with E-state index in [-0.39, 0.29) is 38.5 Å². The Morgan fingerprint density at radius 3 is 2.62 bits per heavy atom. The van der Waals surface area contributed by atoms with Crippen LogP contribution in [0.3, 0.4) is 0 Å². The molecule has 116 valence electrons. The molecule has 2 rings (SSSR count). The third-order valence-corrected chi connectivity index (χ3v) is 2.98. The number of aromatic nitrogens is 3. The Bertz CT molecular complexity index is 555. The van der Waals surface area contributed by atoms with Gasteiger partial charge in [0.2, 0.25) is 17.6 Å². The maximum Gasteiger partial charge on any atom is 0.451 e. The van der Waals surface area contributed by atoms with Crippen molar-refractivity contribution in [2.45, 2.75) is 19.3 Å². The maximum absolute atomic E-state index is 12.7. The summed E-state index contributed by atoms with van der Waals surface area (Å²) in [4.78, 5) is 24.1. The van der Waals surface area contributed by atoms with Gasteiger partial charge in [-0.1, -0.05) is 0 Å². The van der Waals surface area contributed by atoms with Gasteiger partial charge in [-0.05, 0) is 0 Å². The second-order valence-corrected chi connectivity index (χ2v) is 4.39. The Labute approximate surface area is 117 Å². The first-order chi connectivity index (χ1) is 9.82. The molecule has 0 unspecified atom stereocenters. The van der Waals surface area contributed by atoms with Crippen molar-refractivity contribution in [3.8, 4) is 0 Å². The topological polar surface area (TPSA) is 106 Å². The summed E-state index contributed by atoms with van der Waals surface area (Å²) in [6, 6.07) is 0. The van der Waals surface area contributed by atoms with Crippen LogP contribution >= 0.6 is 0 Å². The van der Waals surface area contributed by atoms with Crippen LogP contribution in [0.4, 0.5) is 13.2 Å². The van der Waals surface area contributed by atoms with Crippen LogP contribution in [0.2, 0.25) is 0 Å². The molecule has 21 heavy (non-hydrogen) atoms. The zero-order valence-corrected chi connectivity index (χ0v) is 10.9. The molecule has 0 atom stereocenters. The third kappa shape index (κ3) is 3.29. The molecule has 8 nitrogen and oxygen atoms in total. The highest BCUT2D eigenvalue weighted by molar-refractivity contribution is 5.85. The lowest BCUT2D eigenvalue weighted by molar-refractivity contribution is -0.148. The number of amides is 2. The Kier molecular flexibility index (Phi) is 4.11. The summed E-state index contributed by atoms with van der Waals surface area (Å²) in [5, 5.41) is 8.88. The Morgan fingerprint density at radius 1 is 1.29 bits per heavy atom. The van der Waals surface area contributed by atoms with Gasteiger partial charge < -0.3 is 20.5 Å². The van der Waals surface area contributed by atoms with E-state index in [1.54, 1.807) is 0 Å². The standard InChI is InChI=1S/C10H13F3N6O2/c11-10(12,13)9-17-16-6-5-18(1-2-19(6)9)8(21)4-15-7(20)3-14/h1-5,14H2,(H,15,20). The molecule has 1 aliphatic rings. The van der Waals surface area contributed by atoms with Crippen LogP contribution in [0, 0.1) is 0 Å². The predicted molar refractivity (Wildman–Crippen MR) is 62.5 cm³/mol. The van der Waals surface area contributed by atoms with Crippen LogP contribution in [0.25, 0.3) is 0 Å². The molecule has 2 amide bonds. The van der Waals surface area contributed by atoms with E-state index in [0.29, 0.717) is 0 Å². The summed E-state index contributed by atoms with van der Waals surface area (Å²) >= 11 is 0. The first-order valence-corrected chi connectivity index (χ1v) is 6.06. The van der Waals surface area contributed by atoms with Crippen LogP contribution < -0.4 is 11.1 Å². The first-order valence-electron chi connectivity index (χ1n) is 6.06. The normalized spacial score (nSPS) is 14.8.